The Kier molecular flexibility index (Phi) is 7.11. The highest BCUT2D eigenvalue weighted by molar-refractivity contribution is 5.74. The van der Waals surface area contributed by atoms with Gasteiger partial charge in [0.1, 0.15) is 5.75 Å². The zero-order chi connectivity index (χ0) is 17.2. The Morgan fingerprint density at radius 3 is 2.67 bits per heavy atom. The van der Waals surface area contributed by atoms with Crippen molar-refractivity contribution in [1.82, 2.24) is 10.6 Å². The summed E-state index contributed by atoms with van der Waals surface area (Å²) in [6.45, 7) is 2.94. The molecule has 0 bridgehead atoms. The van der Waals surface area contributed by atoms with Gasteiger partial charge in [-0.05, 0) is 36.6 Å². The quantitative estimate of drug-likeness (QED) is 0.698. The maximum Gasteiger partial charge on any atom is 0.315 e. The summed E-state index contributed by atoms with van der Waals surface area (Å²) in [5.74, 6) is 0.837. The van der Waals surface area contributed by atoms with Crippen molar-refractivity contribution in [2.45, 2.75) is 19.4 Å². The van der Waals surface area contributed by atoms with Crippen LogP contribution in [0.25, 0.3) is 0 Å². The third-order valence-electron chi connectivity index (χ3n) is 3.60. The molecule has 0 saturated carbocycles. The molecule has 2 rings (SSSR count). The first kappa shape index (κ1) is 17.8. The fraction of sp³-hybridized carbons (Fsp3) is 0.316. The standard InChI is InChI=1S/C19H24N2O3/c1-2-24-17-10-6-7-15(13-17)11-12-20-19(23)21-18(14-22)16-8-4-3-5-9-16/h3-10,13,18,22H,2,11-12,14H2,1H3,(H2,20,21,23). The summed E-state index contributed by atoms with van der Waals surface area (Å²) in [5, 5.41) is 15.0. The molecule has 24 heavy (non-hydrogen) atoms. The Morgan fingerprint density at radius 1 is 1.17 bits per heavy atom. The van der Waals surface area contributed by atoms with Crippen LogP contribution in [0.15, 0.2) is 54.6 Å². The normalized spacial score (nSPS) is 11.6. The highest BCUT2D eigenvalue weighted by Crippen LogP contribution is 2.13. The van der Waals surface area contributed by atoms with Crippen molar-refractivity contribution >= 4 is 6.03 Å². The summed E-state index contributed by atoms with van der Waals surface area (Å²) in [6.07, 6.45) is 0.712. The van der Waals surface area contributed by atoms with Crippen LogP contribution in [0.1, 0.15) is 24.1 Å². The van der Waals surface area contributed by atoms with E-state index in [0.717, 1.165) is 16.9 Å². The van der Waals surface area contributed by atoms with Gasteiger partial charge in [-0.25, -0.2) is 4.79 Å². The van der Waals surface area contributed by atoms with Crippen molar-refractivity contribution < 1.29 is 14.6 Å². The van der Waals surface area contributed by atoms with E-state index in [1.54, 1.807) is 0 Å². The van der Waals surface area contributed by atoms with E-state index < -0.39 is 6.04 Å². The van der Waals surface area contributed by atoms with Gasteiger partial charge in [-0.2, -0.15) is 0 Å². The van der Waals surface area contributed by atoms with Crippen LogP contribution >= 0.6 is 0 Å². The largest absolute Gasteiger partial charge is 0.494 e. The minimum absolute atomic E-state index is 0.145. The van der Waals surface area contributed by atoms with Crippen LogP contribution in [0.2, 0.25) is 0 Å². The molecule has 0 aliphatic rings. The van der Waals surface area contributed by atoms with Crippen molar-refractivity contribution in [2.75, 3.05) is 19.8 Å². The predicted octanol–water partition coefficient (Wildman–Crippen LogP) is 2.66. The molecule has 1 atom stereocenters. The van der Waals surface area contributed by atoms with Gasteiger partial charge < -0.3 is 20.5 Å². The summed E-state index contributed by atoms with van der Waals surface area (Å²) in [4.78, 5) is 12.0. The number of amides is 2. The summed E-state index contributed by atoms with van der Waals surface area (Å²) in [7, 11) is 0. The van der Waals surface area contributed by atoms with E-state index in [2.05, 4.69) is 10.6 Å². The van der Waals surface area contributed by atoms with E-state index in [9.17, 15) is 9.90 Å². The van der Waals surface area contributed by atoms with Gasteiger partial charge in [-0.1, -0.05) is 42.5 Å². The molecule has 2 aromatic carbocycles. The van der Waals surface area contributed by atoms with E-state index in [4.69, 9.17) is 4.74 Å². The lowest BCUT2D eigenvalue weighted by Crippen LogP contribution is -2.40. The molecule has 0 aliphatic heterocycles. The third-order valence-corrected chi connectivity index (χ3v) is 3.60. The van der Waals surface area contributed by atoms with Crippen molar-refractivity contribution in [1.29, 1.82) is 0 Å². The molecular weight excluding hydrogens is 304 g/mol. The fourth-order valence-electron chi connectivity index (χ4n) is 2.41. The number of hydrogen-bond donors (Lipinski definition) is 3. The van der Waals surface area contributed by atoms with Gasteiger partial charge in [0, 0.05) is 6.54 Å². The number of benzene rings is 2. The summed E-state index contributed by atoms with van der Waals surface area (Å²) >= 11 is 0. The lowest BCUT2D eigenvalue weighted by Gasteiger charge is -2.17. The molecule has 5 heteroatoms. The smallest absolute Gasteiger partial charge is 0.315 e. The first-order chi connectivity index (χ1) is 11.7. The number of rotatable bonds is 8. The van der Waals surface area contributed by atoms with E-state index in [0.29, 0.717) is 19.6 Å². The first-order valence-electron chi connectivity index (χ1n) is 8.15. The molecule has 0 aromatic heterocycles. The van der Waals surface area contributed by atoms with Crippen LogP contribution in [-0.2, 0) is 6.42 Å². The Hall–Kier alpha value is -2.53. The minimum atomic E-state index is -0.410. The molecule has 0 radical (unpaired) electrons. The maximum atomic E-state index is 12.0. The molecule has 3 N–H and O–H groups in total. The molecule has 0 aliphatic carbocycles. The Balaban J connectivity index is 1.79. The van der Waals surface area contributed by atoms with Crippen molar-refractivity contribution in [3.05, 3.63) is 65.7 Å². The van der Waals surface area contributed by atoms with Gasteiger partial charge in [0.25, 0.3) is 0 Å². The van der Waals surface area contributed by atoms with Gasteiger partial charge in [-0.3, -0.25) is 0 Å². The zero-order valence-electron chi connectivity index (χ0n) is 13.9. The number of urea groups is 1. The average Bonchev–Trinajstić information content (AvgIpc) is 2.61. The van der Waals surface area contributed by atoms with E-state index in [1.807, 2.05) is 61.5 Å². The minimum Gasteiger partial charge on any atom is -0.494 e. The molecule has 0 saturated heterocycles. The van der Waals surface area contributed by atoms with Crippen molar-refractivity contribution in [2.24, 2.45) is 0 Å². The highest BCUT2D eigenvalue weighted by atomic mass is 16.5. The lowest BCUT2D eigenvalue weighted by atomic mass is 10.1. The molecule has 0 heterocycles. The number of aliphatic hydroxyl groups is 1. The van der Waals surface area contributed by atoms with Crippen LogP contribution < -0.4 is 15.4 Å². The highest BCUT2D eigenvalue weighted by Gasteiger charge is 2.12. The predicted molar refractivity (Wildman–Crippen MR) is 94.1 cm³/mol. The molecule has 2 amide bonds. The number of hydrogen-bond acceptors (Lipinski definition) is 3. The molecule has 0 spiro atoms. The summed E-state index contributed by atoms with van der Waals surface area (Å²) in [5.41, 5.74) is 1.97. The third kappa shape index (κ3) is 5.59. The van der Waals surface area contributed by atoms with Crippen molar-refractivity contribution in [3.8, 4) is 5.75 Å². The van der Waals surface area contributed by atoms with Gasteiger partial charge >= 0.3 is 6.03 Å². The maximum absolute atomic E-state index is 12.0. The van der Waals surface area contributed by atoms with Gasteiger partial charge in [0.05, 0.1) is 19.3 Å². The van der Waals surface area contributed by atoms with Gasteiger partial charge in [-0.15, -0.1) is 0 Å². The van der Waals surface area contributed by atoms with Crippen LogP contribution in [0.3, 0.4) is 0 Å². The summed E-state index contributed by atoms with van der Waals surface area (Å²) < 4.78 is 5.46. The summed E-state index contributed by atoms with van der Waals surface area (Å²) in [6, 6.07) is 16.5. The van der Waals surface area contributed by atoms with E-state index in [-0.39, 0.29) is 12.6 Å². The zero-order valence-corrected chi connectivity index (χ0v) is 13.9. The first-order valence-corrected chi connectivity index (χ1v) is 8.15. The topological polar surface area (TPSA) is 70.6 Å². The SMILES string of the molecule is CCOc1cccc(CCNC(=O)NC(CO)c2ccccc2)c1. The Bertz CT molecular complexity index is 632. The van der Waals surface area contributed by atoms with E-state index >= 15 is 0 Å². The second-order valence-corrected chi connectivity index (χ2v) is 5.38. The van der Waals surface area contributed by atoms with Crippen LogP contribution in [-0.4, -0.2) is 30.9 Å². The molecule has 5 nitrogen and oxygen atoms in total. The monoisotopic (exact) mass is 328 g/mol. The van der Waals surface area contributed by atoms with E-state index in [1.165, 1.54) is 0 Å². The fourth-order valence-corrected chi connectivity index (χ4v) is 2.41. The molecule has 2 aromatic rings. The van der Waals surface area contributed by atoms with Gasteiger partial charge in [0.15, 0.2) is 0 Å². The van der Waals surface area contributed by atoms with Crippen LogP contribution in [0, 0.1) is 0 Å². The van der Waals surface area contributed by atoms with Crippen LogP contribution in [0.5, 0.6) is 5.75 Å². The molecule has 128 valence electrons. The Morgan fingerprint density at radius 2 is 1.96 bits per heavy atom. The number of ether oxygens (including phenoxy) is 1. The number of aliphatic hydroxyl groups excluding tert-OH is 1. The molecular formula is C19H24N2O3. The second kappa shape index (κ2) is 9.57. The van der Waals surface area contributed by atoms with Crippen molar-refractivity contribution in [3.63, 3.8) is 0 Å². The molecule has 0 fully saturated rings. The number of carbonyl (C=O) groups excluding carboxylic acids is 1. The number of carbonyl (C=O) groups is 1. The number of nitrogens with one attached hydrogen (secondary N) is 2. The average molecular weight is 328 g/mol. The van der Waals surface area contributed by atoms with Crippen LogP contribution in [0.4, 0.5) is 4.79 Å². The molecule has 1 unspecified atom stereocenters. The Labute approximate surface area is 142 Å². The van der Waals surface area contributed by atoms with Gasteiger partial charge in [0.2, 0.25) is 0 Å². The lowest BCUT2D eigenvalue weighted by molar-refractivity contribution is 0.217. The second-order valence-electron chi connectivity index (χ2n) is 5.38.